The van der Waals surface area contributed by atoms with Crippen LogP contribution in [0.5, 0.6) is 23.0 Å². The third-order valence-corrected chi connectivity index (χ3v) is 5.12. The Labute approximate surface area is 187 Å². The van der Waals surface area contributed by atoms with Crippen molar-refractivity contribution in [3.05, 3.63) is 45.6 Å². The third-order valence-electron chi connectivity index (χ3n) is 4.50. The van der Waals surface area contributed by atoms with Gasteiger partial charge in [-0.2, -0.15) is 0 Å². The van der Waals surface area contributed by atoms with Crippen LogP contribution < -0.4 is 18.9 Å². The van der Waals surface area contributed by atoms with Gasteiger partial charge in [-0.05, 0) is 54.0 Å². The van der Waals surface area contributed by atoms with Gasteiger partial charge >= 0.3 is 11.9 Å². The number of fused-ring (bicyclic) bond motifs is 1. The molecule has 0 saturated heterocycles. The molecule has 0 atom stereocenters. The molecule has 0 saturated carbocycles. The van der Waals surface area contributed by atoms with E-state index in [-0.39, 0.29) is 23.5 Å². The molecule has 8 nitrogen and oxygen atoms in total. The lowest BCUT2D eigenvalue weighted by atomic mass is 10.1. The van der Waals surface area contributed by atoms with Gasteiger partial charge in [0.15, 0.2) is 11.5 Å². The molecule has 0 aliphatic rings. The monoisotopic (exact) mass is 492 g/mol. The second kappa shape index (κ2) is 9.30. The fourth-order valence-corrected chi connectivity index (χ4v) is 3.52. The number of carbonyl (C=O) groups is 2. The van der Waals surface area contributed by atoms with Crippen LogP contribution >= 0.6 is 15.9 Å². The molecule has 0 aliphatic carbocycles. The maximum absolute atomic E-state index is 12.9. The highest BCUT2D eigenvalue weighted by molar-refractivity contribution is 9.10. The number of carbonyl (C=O) groups excluding carboxylic acids is 2. The molecule has 3 aromatic rings. The Bertz CT molecular complexity index is 1120. The summed E-state index contributed by atoms with van der Waals surface area (Å²) < 4.78 is 32.7. The number of benzene rings is 2. The van der Waals surface area contributed by atoms with Gasteiger partial charge in [0.25, 0.3) is 0 Å². The zero-order valence-corrected chi connectivity index (χ0v) is 19.2. The van der Waals surface area contributed by atoms with Crippen molar-refractivity contribution >= 4 is 38.8 Å². The summed E-state index contributed by atoms with van der Waals surface area (Å²) in [7, 11) is 4.38. The number of methoxy groups -OCH3 is 3. The van der Waals surface area contributed by atoms with Crippen molar-refractivity contribution in [1.29, 1.82) is 0 Å². The van der Waals surface area contributed by atoms with E-state index < -0.39 is 11.9 Å². The minimum atomic E-state index is -0.655. The Morgan fingerprint density at radius 1 is 0.935 bits per heavy atom. The topological polar surface area (TPSA) is 93.4 Å². The predicted octanol–water partition coefficient (Wildman–Crippen LogP) is 4.93. The lowest BCUT2D eigenvalue weighted by Gasteiger charge is -2.14. The van der Waals surface area contributed by atoms with Crippen LogP contribution in [0.3, 0.4) is 0 Å². The minimum absolute atomic E-state index is 0.190. The number of rotatable bonds is 7. The standard InChI is InChI=1S/C22H21BrO8/c1-6-29-22(25)19-11(2)30-15-10-14(23)16(9-13(15)19)31-21(24)12-7-17(26-3)20(28-5)18(8-12)27-4/h7-10H,6H2,1-5H3. The van der Waals surface area contributed by atoms with Gasteiger partial charge in [-0.15, -0.1) is 0 Å². The van der Waals surface area contributed by atoms with E-state index in [1.807, 2.05) is 0 Å². The molecule has 0 bridgehead atoms. The Balaban J connectivity index is 2.01. The van der Waals surface area contributed by atoms with Gasteiger partial charge in [0.1, 0.15) is 22.7 Å². The van der Waals surface area contributed by atoms with Crippen LogP contribution in [0.15, 0.2) is 33.2 Å². The molecule has 0 spiro atoms. The largest absolute Gasteiger partial charge is 0.493 e. The van der Waals surface area contributed by atoms with Gasteiger partial charge in [-0.25, -0.2) is 9.59 Å². The number of hydrogen-bond acceptors (Lipinski definition) is 8. The summed E-state index contributed by atoms with van der Waals surface area (Å²) >= 11 is 3.38. The Kier molecular flexibility index (Phi) is 6.74. The highest BCUT2D eigenvalue weighted by atomic mass is 79.9. The Morgan fingerprint density at radius 2 is 1.58 bits per heavy atom. The molecule has 0 fully saturated rings. The van der Waals surface area contributed by atoms with E-state index in [1.165, 1.54) is 33.5 Å². The highest BCUT2D eigenvalue weighted by Gasteiger charge is 2.23. The van der Waals surface area contributed by atoms with Gasteiger partial charge in [-0.3, -0.25) is 0 Å². The lowest BCUT2D eigenvalue weighted by molar-refractivity contribution is 0.0526. The van der Waals surface area contributed by atoms with E-state index in [0.29, 0.717) is 38.5 Å². The molecule has 0 aliphatic heterocycles. The summed E-state index contributed by atoms with van der Waals surface area (Å²) in [4.78, 5) is 25.2. The van der Waals surface area contributed by atoms with Crippen LogP contribution in [0.2, 0.25) is 0 Å². The van der Waals surface area contributed by atoms with E-state index in [0.717, 1.165) is 0 Å². The molecular formula is C22H21BrO8. The van der Waals surface area contributed by atoms with Crippen molar-refractivity contribution in [2.24, 2.45) is 0 Å². The van der Waals surface area contributed by atoms with Crippen molar-refractivity contribution in [3.8, 4) is 23.0 Å². The van der Waals surface area contributed by atoms with E-state index in [9.17, 15) is 9.59 Å². The van der Waals surface area contributed by atoms with Crippen LogP contribution in [-0.2, 0) is 4.74 Å². The number of furan rings is 1. The molecule has 2 aromatic carbocycles. The molecule has 9 heteroatoms. The summed E-state index contributed by atoms with van der Waals surface area (Å²) in [5.74, 6) is 0.445. The molecule has 0 N–H and O–H groups in total. The summed E-state index contributed by atoms with van der Waals surface area (Å²) in [6.45, 7) is 3.61. The van der Waals surface area contributed by atoms with Crippen LogP contribution in [0, 0.1) is 6.92 Å². The Hall–Kier alpha value is -3.20. The molecule has 3 rings (SSSR count). The third kappa shape index (κ3) is 4.32. The number of ether oxygens (including phenoxy) is 5. The van der Waals surface area contributed by atoms with Crippen molar-refractivity contribution in [2.45, 2.75) is 13.8 Å². The van der Waals surface area contributed by atoms with Gasteiger partial charge in [-0.1, -0.05) is 0 Å². The first-order valence-corrected chi connectivity index (χ1v) is 10.1. The van der Waals surface area contributed by atoms with Gasteiger partial charge in [0, 0.05) is 5.39 Å². The maximum Gasteiger partial charge on any atom is 0.343 e. The van der Waals surface area contributed by atoms with E-state index >= 15 is 0 Å². The quantitative estimate of drug-likeness (QED) is 0.338. The van der Waals surface area contributed by atoms with Crippen LogP contribution in [0.25, 0.3) is 11.0 Å². The fraction of sp³-hybridized carbons (Fsp3) is 0.273. The summed E-state index contributed by atoms with van der Waals surface area (Å²) in [5, 5.41) is 0.479. The summed E-state index contributed by atoms with van der Waals surface area (Å²) in [5.41, 5.74) is 0.935. The van der Waals surface area contributed by atoms with Crippen molar-refractivity contribution in [3.63, 3.8) is 0 Å². The lowest BCUT2D eigenvalue weighted by Crippen LogP contribution is -2.10. The molecular weight excluding hydrogens is 472 g/mol. The van der Waals surface area contributed by atoms with E-state index in [1.54, 1.807) is 26.0 Å². The summed E-state index contributed by atoms with van der Waals surface area (Å²) in [6.07, 6.45) is 0. The highest BCUT2D eigenvalue weighted by Crippen LogP contribution is 2.39. The molecule has 1 heterocycles. The Morgan fingerprint density at radius 3 is 2.13 bits per heavy atom. The first kappa shape index (κ1) is 22.5. The fourth-order valence-electron chi connectivity index (χ4n) is 3.11. The minimum Gasteiger partial charge on any atom is -0.493 e. The van der Waals surface area contributed by atoms with Crippen molar-refractivity contribution in [2.75, 3.05) is 27.9 Å². The smallest absolute Gasteiger partial charge is 0.343 e. The molecule has 164 valence electrons. The van der Waals surface area contributed by atoms with E-state index in [4.69, 9.17) is 28.1 Å². The van der Waals surface area contributed by atoms with Crippen molar-refractivity contribution < 1.29 is 37.7 Å². The average Bonchev–Trinajstić information content (AvgIpc) is 3.07. The zero-order chi connectivity index (χ0) is 22.7. The molecule has 1 aromatic heterocycles. The molecule has 0 radical (unpaired) electrons. The first-order chi connectivity index (χ1) is 14.8. The number of hydrogen-bond donors (Lipinski definition) is 0. The predicted molar refractivity (Wildman–Crippen MR) is 116 cm³/mol. The van der Waals surface area contributed by atoms with Crippen molar-refractivity contribution in [1.82, 2.24) is 0 Å². The van der Waals surface area contributed by atoms with Crippen LogP contribution in [0.4, 0.5) is 0 Å². The number of aryl methyl sites for hydroxylation is 1. The number of halogens is 1. The molecule has 0 unspecified atom stereocenters. The zero-order valence-electron chi connectivity index (χ0n) is 17.7. The second-order valence-electron chi connectivity index (χ2n) is 6.34. The van der Waals surface area contributed by atoms with Gasteiger partial charge in [0.05, 0.1) is 38.0 Å². The van der Waals surface area contributed by atoms with E-state index in [2.05, 4.69) is 15.9 Å². The number of esters is 2. The summed E-state index contributed by atoms with van der Waals surface area (Å²) in [6, 6.07) is 6.16. The van der Waals surface area contributed by atoms with Gasteiger partial charge in [0.2, 0.25) is 5.75 Å². The van der Waals surface area contributed by atoms with Crippen LogP contribution in [-0.4, -0.2) is 39.9 Å². The van der Waals surface area contributed by atoms with Gasteiger partial charge < -0.3 is 28.1 Å². The molecule has 0 amide bonds. The molecule has 31 heavy (non-hydrogen) atoms. The SMILES string of the molecule is CCOC(=O)c1c(C)oc2cc(Br)c(OC(=O)c3cc(OC)c(OC)c(OC)c3)cc12. The maximum atomic E-state index is 12.9. The van der Waals surface area contributed by atoms with Crippen LogP contribution in [0.1, 0.15) is 33.4 Å². The first-order valence-electron chi connectivity index (χ1n) is 9.26. The second-order valence-corrected chi connectivity index (χ2v) is 7.19. The average molecular weight is 493 g/mol. The normalized spacial score (nSPS) is 10.6.